The Kier molecular flexibility index (Phi) is 7.06. The van der Waals surface area contributed by atoms with Crippen LogP contribution in [-0.2, 0) is 27.7 Å². The molecule has 2 amide bonds. The zero-order chi connectivity index (χ0) is 22.6. The van der Waals surface area contributed by atoms with E-state index in [-0.39, 0.29) is 23.5 Å². The largest absolute Gasteiger partial charge is 0.284 e. The van der Waals surface area contributed by atoms with Gasteiger partial charge in [-0.3, -0.25) is 25.2 Å². The molecule has 0 radical (unpaired) electrons. The lowest BCUT2D eigenvalue weighted by atomic mass is 9.72. The lowest BCUT2D eigenvalue weighted by Crippen LogP contribution is -2.42. The smallest absolute Gasteiger partial charge is 0.279 e. The van der Waals surface area contributed by atoms with Gasteiger partial charge in [0.25, 0.3) is 5.91 Å². The van der Waals surface area contributed by atoms with Crippen molar-refractivity contribution in [2.45, 2.75) is 46.5 Å². The van der Waals surface area contributed by atoms with E-state index in [9.17, 15) is 18.0 Å². The molecular weight excluding hydrogens is 434 g/mol. The molecule has 1 aromatic carbocycles. The van der Waals surface area contributed by atoms with Crippen LogP contribution < -0.4 is 15.6 Å². The van der Waals surface area contributed by atoms with Gasteiger partial charge in [0.15, 0.2) is 0 Å². The number of anilines is 1. The highest BCUT2D eigenvalue weighted by Gasteiger charge is 2.30. The van der Waals surface area contributed by atoms with Crippen molar-refractivity contribution < 1.29 is 18.0 Å². The third-order valence-electron chi connectivity index (χ3n) is 5.49. The fourth-order valence-corrected chi connectivity index (χ4v) is 5.74. The van der Waals surface area contributed by atoms with E-state index < -0.39 is 15.9 Å². The van der Waals surface area contributed by atoms with Gasteiger partial charge in [0.1, 0.15) is 0 Å². The van der Waals surface area contributed by atoms with E-state index in [4.69, 9.17) is 0 Å². The molecule has 0 fully saturated rings. The number of aryl methyl sites for hydroxylation is 1. The summed E-state index contributed by atoms with van der Waals surface area (Å²) in [4.78, 5) is 26.2. The van der Waals surface area contributed by atoms with Gasteiger partial charge in [-0.1, -0.05) is 39.0 Å². The summed E-state index contributed by atoms with van der Waals surface area (Å²) in [6, 6.07) is 10.4. The van der Waals surface area contributed by atoms with Crippen LogP contribution in [0.25, 0.3) is 0 Å². The summed E-state index contributed by atoms with van der Waals surface area (Å²) in [5.74, 6) is -0.756. The van der Waals surface area contributed by atoms with Crippen LogP contribution in [0.5, 0.6) is 0 Å². The Morgan fingerprint density at radius 3 is 2.52 bits per heavy atom. The fraction of sp³-hybridized carbons (Fsp3) is 0.455. The molecule has 0 unspecified atom stereocenters. The molecule has 168 valence electrons. The average molecular weight is 464 g/mol. The molecule has 0 bridgehead atoms. The number of rotatable bonds is 6. The van der Waals surface area contributed by atoms with Gasteiger partial charge in [-0.15, -0.1) is 11.3 Å². The monoisotopic (exact) mass is 463 g/mol. The molecular formula is C22H29N3O4S2. The van der Waals surface area contributed by atoms with Crippen molar-refractivity contribution >= 4 is 38.9 Å². The highest BCUT2D eigenvalue weighted by molar-refractivity contribution is 7.92. The summed E-state index contributed by atoms with van der Waals surface area (Å²) in [6.07, 6.45) is 2.77. The SMILES string of the molecule is CC(C)(C)[C@@H]1CCc2sc(C(=O)NNC(=O)CCS(=O)(=O)Nc3ccccc3)cc2C1. The molecule has 1 heterocycles. The van der Waals surface area contributed by atoms with Crippen molar-refractivity contribution in [2.24, 2.45) is 11.3 Å². The van der Waals surface area contributed by atoms with Gasteiger partial charge in [0.05, 0.1) is 10.6 Å². The summed E-state index contributed by atoms with van der Waals surface area (Å²) in [5.41, 5.74) is 6.58. The Labute approximate surface area is 187 Å². The molecule has 1 aliphatic rings. The first-order valence-corrected chi connectivity index (χ1v) is 12.8. The highest BCUT2D eigenvalue weighted by atomic mass is 32.2. The second-order valence-electron chi connectivity index (χ2n) is 8.90. The minimum absolute atomic E-state index is 0.228. The molecule has 9 heteroatoms. The van der Waals surface area contributed by atoms with Crippen molar-refractivity contribution in [3.63, 3.8) is 0 Å². The van der Waals surface area contributed by atoms with Crippen molar-refractivity contribution in [1.82, 2.24) is 10.9 Å². The Morgan fingerprint density at radius 1 is 1.13 bits per heavy atom. The zero-order valence-corrected chi connectivity index (χ0v) is 19.7. The highest BCUT2D eigenvalue weighted by Crippen LogP contribution is 2.40. The number of hydrogen-bond donors (Lipinski definition) is 3. The van der Waals surface area contributed by atoms with Gasteiger partial charge in [-0.05, 0) is 54.4 Å². The number of benzene rings is 1. The van der Waals surface area contributed by atoms with Crippen LogP contribution in [0, 0.1) is 11.3 Å². The summed E-state index contributed by atoms with van der Waals surface area (Å²) in [6.45, 7) is 6.73. The third-order valence-corrected chi connectivity index (χ3v) is 8.02. The predicted octanol–water partition coefficient (Wildman–Crippen LogP) is 3.49. The van der Waals surface area contributed by atoms with Crippen molar-refractivity contribution in [3.8, 4) is 0 Å². The standard InChI is InChI=1S/C22H29N3O4S2/c1-22(2,3)16-9-10-18-15(13-16)14-19(30-18)21(27)24-23-20(26)11-12-31(28,29)25-17-7-5-4-6-8-17/h4-8,14,16,25H,9-13H2,1-3H3,(H,23,26)(H,24,27)/t16-/m1/s1. The van der Waals surface area contributed by atoms with Gasteiger partial charge in [-0.2, -0.15) is 0 Å². The number of carbonyl (C=O) groups excluding carboxylic acids is 2. The summed E-state index contributed by atoms with van der Waals surface area (Å²) in [7, 11) is -3.66. The maximum Gasteiger partial charge on any atom is 0.279 e. The molecule has 1 atom stereocenters. The van der Waals surface area contributed by atoms with Gasteiger partial charge in [-0.25, -0.2) is 8.42 Å². The molecule has 3 rings (SSSR count). The van der Waals surface area contributed by atoms with Crippen LogP contribution >= 0.6 is 11.3 Å². The Bertz CT molecular complexity index is 1040. The molecule has 2 aromatic rings. The predicted molar refractivity (Wildman–Crippen MR) is 123 cm³/mol. The van der Waals surface area contributed by atoms with Crippen LogP contribution in [0.3, 0.4) is 0 Å². The normalized spacial score (nSPS) is 16.3. The van der Waals surface area contributed by atoms with Crippen LogP contribution in [0.2, 0.25) is 0 Å². The van der Waals surface area contributed by atoms with Crippen LogP contribution in [0.1, 0.15) is 53.7 Å². The first-order valence-electron chi connectivity index (χ1n) is 10.3. The third kappa shape index (κ3) is 6.54. The number of hydrazine groups is 1. The van der Waals surface area contributed by atoms with E-state index >= 15 is 0 Å². The Morgan fingerprint density at radius 2 is 1.84 bits per heavy atom. The van der Waals surface area contributed by atoms with Crippen molar-refractivity contribution in [2.75, 3.05) is 10.5 Å². The van der Waals surface area contributed by atoms with E-state index in [2.05, 4.69) is 36.3 Å². The van der Waals surface area contributed by atoms with E-state index in [1.165, 1.54) is 21.8 Å². The number of fused-ring (bicyclic) bond motifs is 1. The van der Waals surface area contributed by atoms with E-state index in [1.807, 2.05) is 6.07 Å². The van der Waals surface area contributed by atoms with E-state index in [0.717, 1.165) is 19.3 Å². The number of thiophene rings is 1. The van der Waals surface area contributed by atoms with Gasteiger partial charge in [0.2, 0.25) is 15.9 Å². The summed E-state index contributed by atoms with van der Waals surface area (Å²) >= 11 is 1.46. The molecule has 3 N–H and O–H groups in total. The Hall–Kier alpha value is -2.39. The number of hydrogen-bond acceptors (Lipinski definition) is 5. The molecule has 31 heavy (non-hydrogen) atoms. The number of sulfonamides is 1. The molecule has 1 aliphatic carbocycles. The maximum absolute atomic E-state index is 12.4. The lowest BCUT2D eigenvalue weighted by molar-refractivity contribution is -0.121. The zero-order valence-electron chi connectivity index (χ0n) is 18.0. The maximum atomic E-state index is 12.4. The average Bonchev–Trinajstić information content (AvgIpc) is 3.14. The minimum Gasteiger partial charge on any atom is -0.284 e. The van der Waals surface area contributed by atoms with Gasteiger partial charge in [0, 0.05) is 17.0 Å². The van der Waals surface area contributed by atoms with Crippen LogP contribution in [0.15, 0.2) is 36.4 Å². The topological polar surface area (TPSA) is 104 Å². The van der Waals surface area contributed by atoms with Gasteiger partial charge >= 0.3 is 0 Å². The van der Waals surface area contributed by atoms with Crippen LogP contribution in [0.4, 0.5) is 5.69 Å². The number of para-hydroxylation sites is 1. The minimum atomic E-state index is -3.66. The summed E-state index contributed by atoms with van der Waals surface area (Å²) in [5, 5.41) is 0. The first kappa shape index (κ1) is 23.3. The second-order valence-corrected chi connectivity index (χ2v) is 11.9. The molecule has 0 spiro atoms. The van der Waals surface area contributed by atoms with Crippen molar-refractivity contribution in [1.29, 1.82) is 0 Å². The fourth-order valence-electron chi connectivity index (χ4n) is 3.59. The van der Waals surface area contributed by atoms with E-state index in [0.29, 0.717) is 16.5 Å². The summed E-state index contributed by atoms with van der Waals surface area (Å²) < 4.78 is 26.6. The molecule has 1 aromatic heterocycles. The van der Waals surface area contributed by atoms with Crippen LogP contribution in [-0.4, -0.2) is 26.0 Å². The second kappa shape index (κ2) is 9.40. The first-order chi connectivity index (χ1) is 14.5. The number of amides is 2. The molecule has 7 nitrogen and oxygen atoms in total. The number of nitrogens with one attached hydrogen (secondary N) is 3. The Balaban J connectivity index is 1.48. The van der Waals surface area contributed by atoms with E-state index in [1.54, 1.807) is 30.3 Å². The number of carbonyl (C=O) groups is 2. The quantitative estimate of drug-likeness (QED) is 0.570. The molecule has 0 aliphatic heterocycles. The molecule has 0 saturated heterocycles. The van der Waals surface area contributed by atoms with Crippen molar-refractivity contribution in [3.05, 3.63) is 51.7 Å². The van der Waals surface area contributed by atoms with Gasteiger partial charge < -0.3 is 0 Å². The molecule has 0 saturated carbocycles. The lowest BCUT2D eigenvalue weighted by Gasteiger charge is -2.33.